The summed E-state index contributed by atoms with van der Waals surface area (Å²) in [4.78, 5) is 4.28. The lowest BCUT2D eigenvalue weighted by molar-refractivity contribution is 0.331. The van der Waals surface area contributed by atoms with Gasteiger partial charge in [-0.2, -0.15) is 0 Å². The van der Waals surface area contributed by atoms with E-state index in [1.807, 2.05) is 18.2 Å². The lowest BCUT2D eigenvalue weighted by Crippen LogP contribution is -2.31. The average molecular weight is 203 g/mol. The van der Waals surface area contributed by atoms with E-state index in [1.54, 1.807) is 0 Å². The van der Waals surface area contributed by atoms with Gasteiger partial charge in [0, 0.05) is 25.2 Å². The second-order valence-corrected chi connectivity index (χ2v) is 4.23. The van der Waals surface area contributed by atoms with E-state index in [-0.39, 0.29) is 0 Å². The van der Waals surface area contributed by atoms with Gasteiger partial charge < -0.3 is 9.80 Å². The fourth-order valence-corrected chi connectivity index (χ4v) is 1.86. The van der Waals surface area contributed by atoms with Gasteiger partial charge in [0.1, 0.15) is 5.84 Å². The number of likely N-dealkylation sites (N-methyl/N-ethyl adjacent to an activating group) is 1. The van der Waals surface area contributed by atoms with Gasteiger partial charge in [-0.15, -0.1) is 0 Å². The van der Waals surface area contributed by atoms with Crippen LogP contribution in [0.2, 0.25) is 0 Å². The molecule has 3 nitrogen and oxygen atoms in total. The Balaban J connectivity index is 2.07. The zero-order chi connectivity index (χ0) is 10.8. The molecule has 80 valence electrons. The Labute approximate surface area is 90.8 Å². The zero-order valence-electron chi connectivity index (χ0n) is 9.33. The number of fused-ring (bicyclic) bond motifs is 1. The Hall–Kier alpha value is -1.35. The van der Waals surface area contributed by atoms with Gasteiger partial charge in [0.25, 0.3) is 0 Å². The van der Waals surface area contributed by atoms with E-state index < -0.39 is 0 Å². The molecule has 0 amide bonds. The van der Waals surface area contributed by atoms with Crippen molar-refractivity contribution in [1.82, 2.24) is 9.80 Å². The Morgan fingerprint density at radius 3 is 2.73 bits per heavy atom. The standard InChI is InChI=1S/C12H17N3/c1-14(2)7-8-15-9-10-5-3-4-6-11(10)12(15)13/h3-6,13H,7-9H2,1-2H3. The van der Waals surface area contributed by atoms with Crippen molar-refractivity contribution in [2.24, 2.45) is 0 Å². The molecule has 0 spiro atoms. The molecule has 0 unspecified atom stereocenters. The Morgan fingerprint density at radius 1 is 1.33 bits per heavy atom. The Kier molecular flexibility index (Phi) is 2.73. The normalized spacial score (nSPS) is 14.9. The Bertz CT molecular complexity index is 371. The second kappa shape index (κ2) is 4.03. The first-order chi connectivity index (χ1) is 7.18. The van der Waals surface area contributed by atoms with Crippen molar-refractivity contribution in [2.75, 3.05) is 27.2 Å². The van der Waals surface area contributed by atoms with Gasteiger partial charge in [0.15, 0.2) is 0 Å². The van der Waals surface area contributed by atoms with E-state index in [0.29, 0.717) is 5.84 Å². The van der Waals surface area contributed by atoms with Gasteiger partial charge in [-0.1, -0.05) is 24.3 Å². The summed E-state index contributed by atoms with van der Waals surface area (Å²) in [5.74, 6) is 0.674. The van der Waals surface area contributed by atoms with Crippen molar-refractivity contribution in [2.45, 2.75) is 6.54 Å². The highest BCUT2D eigenvalue weighted by Gasteiger charge is 2.22. The average Bonchev–Trinajstić information content (AvgIpc) is 2.54. The van der Waals surface area contributed by atoms with Gasteiger partial charge in [0.05, 0.1) is 0 Å². The summed E-state index contributed by atoms with van der Waals surface area (Å²) in [6, 6.07) is 8.19. The van der Waals surface area contributed by atoms with Crippen LogP contribution in [-0.2, 0) is 6.54 Å². The van der Waals surface area contributed by atoms with Crippen LogP contribution in [0.3, 0.4) is 0 Å². The molecule has 0 saturated carbocycles. The van der Waals surface area contributed by atoms with Crippen molar-refractivity contribution < 1.29 is 0 Å². The van der Waals surface area contributed by atoms with Gasteiger partial charge in [-0.05, 0) is 19.7 Å². The molecule has 3 heteroatoms. The van der Waals surface area contributed by atoms with Crippen LogP contribution >= 0.6 is 0 Å². The van der Waals surface area contributed by atoms with Gasteiger partial charge in [-0.25, -0.2) is 0 Å². The molecule has 0 aliphatic carbocycles. The third-order valence-electron chi connectivity index (χ3n) is 2.77. The van der Waals surface area contributed by atoms with E-state index in [1.165, 1.54) is 5.56 Å². The zero-order valence-corrected chi connectivity index (χ0v) is 9.33. The van der Waals surface area contributed by atoms with E-state index in [2.05, 4.69) is 30.0 Å². The third kappa shape index (κ3) is 2.02. The van der Waals surface area contributed by atoms with Crippen LogP contribution in [-0.4, -0.2) is 42.8 Å². The summed E-state index contributed by atoms with van der Waals surface area (Å²) < 4.78 is 0. The largest absolute Gasteiger partial charge is 0.351 e. The van der Waals surface area contributed by atoms with Crippen LogP contribution in [0.1, 0.15) is 11.1 Å². The van der Waals surface area contributed by atoms with E-state index in [9.17, 15) is 0 Å². The summed E-state index contributed by atoms with van der Waals surface area (Å²) in [7, 11) is 4.12. The van der Waals surface area contributed by atoms with E-state index in [4.69, 9.17) is 5.41 Å². The fourth-order valence-electron chi connectivity index (χ4n) is 1.86. The second-order valence-electron chi connectivity index (χ2n) is 4.23. The number of rotatable bonds is 3. The Morgan fingerprint density at radius 2 is 2.07 bits per heavy atom. The molecular weight excluding hydrogens is 186 g/mol. The number of amidine groups is 1. The number of hydrogen-bond acceptors (Lipinski definition) is 2. The SMILES string of the molecule is CN(C)CCN1Cc2ccccc2C1=N. The van der Waals surface area contributed by atoms with Crippen LogP contribution in [0, 0.1) is 5.41 Å². The molecule has 0 bridgehead atoms. The first-order valence-electron chi connectivity index (χ1n) is 5.25. The first-order valence-corrected chi connectivity index (χ1v) is 5.25. The van der Waals surface area contributed by atoms with Gasteiger partial charge in [0.2, 0.25) is 0 Å². The summed E-state index contributed by atoms with van der Waals surface area (Å²) in [6.45, 7) is 2.82. The minimum absolute atomic E-state index is 0.674. The number of benzene rings is 1. The number of nitrogens with zero attached hydrogens (tertiary/aromatic N) is 2. The first kappa shape index (κ1) is 10.2. The maximum Gasteiger partial charge on any atom is 0.128 e. The molecular formula is C12H17N3. The molecule has 1 aliphatic heterocycles. The molecule has 1 aromatic rings. The summed E-state index contributed by atoms with van der Waals surface area (Å²) in [6.07, 6.45) is 0. The minimum Gasteiger partial charge on any atom is -0.351 e. The van der Waals surface area contributed by atoms with Crippen molar-refractivity contribution in [3.8, 4) is 0 Å². The molecule has 1 heterocycles. The van der Waals surface area contributed by atoms with Crippen molar-refractivity contribution in [3.05, 3.63) is 35.4 Å². The topological polar surface area (TPSA) is 30.3 Å². The molecule has 0 radical (unpaired) electrons. The number of nitrogens with one attached hydrogen (secondary N) is 1. The highest BCUT2D eigenvalue weighted by atomic mass is 15.2. The molecule has 1 aromatic carbocycles. The molecule has 1 aliphatic rings. The minimum atomic E-state index is 0.674. The molecule has 0 atom stereocenters. The van der Waals surface area contributed by atoms with Crippen molar-refractivity contribution in [3.63, 3.8) is 0 Å². The van der Waals surface area contributed by atoms with Crippen molar-refractivity contribution in [1.29, 1.82) is 5.41 Å². The third-order valence-corrected chi connectivity index (χ3v) is 2.77. The summed E-state index contributed by atoms with van der Waals surface area (Å²) in [5.41, 5.74) is 2.37. The maximum atomic E-state index is 8.04. The predicted octanol–water partition coefficient (Wildman–Crippen LogP) is 1.39. The monoisotopic (exact) mass is 203 g/mol. The lowest BCUT2D eigenvalue weighted by Gasteiger charge is -2.20. The summed E-state index contributed by atoms with van der Waals surface area (Å²) >= 11 is 0. The molecule has 0 saturated heterocycles. The van der Waals surface area contributed by atoms with Gasteiger partial charge in [-0.3, -0.25) is 5.41 Å². The van der Waals surface area contributed by atoms with Gasteiger partial charge >= 0.3 is 0 Å². The van der Waals surface area contributed by atoms with Crippen LogP contribution in [0.25, 0.3) is 0 Å². The van der Waals surface area contributed by atoms with Crippen LogP contribution in [0.15, 0.2) is 24.3 Å². The maximum absolute atomic E-state index is 8.04. The smallest absolute Gasteiger partial charge is 0.128 e. The van der Waals surface area contributed by atoms with Crippen LogP contribution in [0.4, 0.5) is 0 Å². The fraction of sp³-hybridized carbons (Fsp3) is 0.417. The molecule has 0 aromatic heterocycles. The molecule has 0 fully saturated rings. The van der Waals surface area contributed by atoms with E-state index >= 15 is 0 Å². The van der Waals surface area contributed by atoms with Crippen LogP contribution < -0.4 is 0 Å². The highest BCUT2D eigenvalue weighted by molar-refractivity contribution is 6.00. The quantitative estimate of drug-likeness (QED) is 0.804. The number of hydrogen-bond donors (Lipinski definition) is 1. The molecule has 15 heavy (non-hydrogen) atoms. The molecule has 1 N–H and O–H groups in total. The van der Waals surface area contributed by atoms with Crippen molar-refractivity contribution >= 4 is 5.84 Å². The van der Waals surface area contributed by atoms with Crippen LogP contribution in [0.5, 0.6) is 0 Å². The lowest BCUT2D eigenvalue weighted by atomic mass is 10.1. The molecule has 2 rings (SSSR count). The highest BCUT2D eigenvalue weighted by Crippen LogP contribution is 2.21. The summed E-state index contributed by atoms with van der Waals surface area (Å²) in [5, 5.41) is 8.04. The predicted molar refractivity (Wildman–Crippen MR) is 62.2 cm³/mol. The van der Waals surface area contributed by atoms with E-state index in [0.717, 1.165) is 25.2 Å².